The molecule has 1 aromatic carbocycles. The van der Waals surface area contributed by atoms with Gasteiger partial charge in [0.1, 0.15) is 17.6 Å². The van der Waals surface area contributed by atoms with Crippen LogP contribution in [0.15, 0.2) is 24.3 Å². The van der Waals surface area contributed by atoms with Gasteiger partial charge in [0, 0.05) is 6.07 Å². The van der Waals surface area contributed by atoms with Crippen molar-refractivity contribution >= 4 is 11.8 Å². The number of unbranched alkanes of at least 4 members (excludes halogenated alkanes) is 1. The van der Waals surface area contributed by atoms with Crippen molar-refractivity contribution in [1.82, 2.24) is 0 Å². The van der Waals surface area contributed by atoms with Crippen LogP contribution >= 0.6 is 0 Å². The number of ether oxygens (including phenoxy) is 2. The Labute approximate surface area is 135 Å². The van der Waals surface area contributed by atoms with Crippen molar-refractivity contribution < 1.29 is 24.2 Å². The third-order valence-corrected chi connectivity index (χ3v) is 3.56. The molecule has 0 bridgehead atoms. The predicted octanol–water partition coefficient (Wildman–Crippen LogP) is 3.19. The van der Waals surface area contributed by atoms with Crippen LogP contribution in [-0.2, 0) is 16.0 Å². The van der Waals surface area contributed by atoms with Gasteiger partial charge in [0.15, 0.2) is 5.78 Å². The number of allylic oxidation sites excluding steroid dienone is 1. The number of phenols is 1. The molecule has 2 rings (SSSR count). The van der Waals surface area contributed by atoms with Crippen molar-refractivity contribution in [3.05, 3.63) is 35.4 Å². The van der Waals surface area contributed by atoms with Crippen molar-refractivity contribution in [2.75, 3.05) is 6.61 Å². The fraction of sp³-hybridized carbons (Fsp3) is 0.444. The third kappa shape index (κ3) is 4.34. The number of hydrogen-bond donors (Lipinski definition) is 1. The lowest BCUT2D eigenvalue weighted by molar-refractivity contribution is -0.142. The molecule has 1 heterocycles. The Morgan fingerprint density at radius 2 is 2.22 bits per heavy atom. The maximum Gasteiger partial charge on any atom is 0.310 e. The first-order chi connectivity index (χ1) is 11.0. The van der Waals surface area contributed by atoms with Gasteiger partial charge in [0.25, 0.3) is 0 Å². The van der Waals surface area contributed by atoms with Crippen LogP contribution in [-0.4, -0.2) is 29.6 Å². The summed E-state index contributed by atoms with van der Waals surface area (Å²) < 4.78 is 10.7. The van der Waals surface area contributed by atoms with Gasteiger partial charge in [-0.3, -0.25) is 9.59 Å². The van der Waals surface area contributed by atoms with E-state index in [0.29, 0.717) is 16.9 Å². The molecule has 0 saturated carbocycles. The van der Waals surface area contributed by atoms with Crippen LogP contribution in [0.4, 0.5) is 0 Å². The molecule has 0 spiro atoms. The molecular formula is C18H22O5. The third-order valence-electron chi connectivity index (χ3n) is 3.56. The van der Waals surface area contributed by atoms with E-state index in [4.69, 9.17) is 9.47 Å². The van der Waals surface area contributed by atoms with E-state index < -0.39 is 5.97 Å². The number of benzene rings is 1. The molecule has 1 aliphatic rings. The Bertz CT molecular complexity index is 618. The minimum Gasteiger partial charge on any atom is -0.508 e. The lowest BCUT2D eigenvalue weighted by Crippen LogP contribution is -2.26. The molecular weight excluding hydrogens is 296 g/mol. The molecule has 124 valence electrons. The maximum absolute atomic E-state index is 12.5. The Morgan fingerprint density at radius 1 is 1.43 bits per heavy atom. The highest BCUT2D eigenvalue weighted by atomic mass is 16.5. The highest BCUT2D eigenvalue weighted by Crippen LogP contribution is 2.35. The number of carbonyl (C=O) groups excluding carboxylic acids is 2. The number of aromatic hydroxyl groups is 1. The quantitative estimate of drug-likeness (QED) is 0.644. The average Bonchev–Trinajstić information content (AvgIpc) is 2.46. The number of carbonyl (C=O) groups is 2. The second kappa shape index (κ2) is 7.81. The van der Waals surface area contributed by atoms with E-state index in [-0.39, 0.29) is 37.1 Å². The number of ketones is 1. The van der Waals surface area contributed by atoms with E-state index in [1.807, 2.05) is 12.2 Å². The molecule has 0 saturated heterocycles. The Kier molecular flexibility index (Phi) is 5.79. The zero-order chi connectivity index (χ0) is 16.8. The Morgan fingerprint density at radius 3 is 2.91 bits per heavy atom. The standard InChI is InChI=1S/C18H22O5/c1-3-5-6-7-14-11-15(20)18-12(9-17(21)22-4-2)8-13(19)10-16(18)23-14/h6-8,10,14,19H,3-5,9,11H2,1-2H3. The number of Topliss-reactive ketones (excluding diaryl/α,β-unsaturated/α-hetero) is 1. The van der Waals surface area contributed by atoms with Crippen molar-refractivity contribution in [3.8, 4) is 11.5 Å². The monoisotopic (exact) mass is 318 g/mol. The second-order valence-electron chi connectivity index (χ2n) is 5.46. The molecule has 5 nitrogen and oxygen atoms in total. The van der Waals surface area contributed by atoms with E-state index in [2.05, 4.69) is 6.92 Å². The van der Waals surface area contributed by atoms with Crippen LogP contribution < -0.4 is 4.74 Å². The van der Waals surface area contributed by atoms with Crippen LogP contribution in [0.2, 0.25) is 0 Å². The molecule has 23 heavy (non-hydrogen) atoms. The predicted molar refractivity (Wildman–Crippen MR) is 85.9 cm³/mol. The number of phenolic OH excluding ortho intramolecular Hbond substituents is 1. The van der Waals surface area contributed by atoms with Gasteiger partial charge in [0.2, 0.25) is 0 Å². The van der Waals surface area contributed by atoms with E-state index in [1.165, 1.54) is 12.1 Å². The van der Waals surface area contributed by atoms with E-state index in [0.717, 1.165) is 12.8 Å². The molecule has 1 N–H and O–H groups in total. The number of fused-ring (bicyclic) bond motifs is 1. The molecule has 0 radical (unpaired) electrons. The summed E-state index contributed by atoms with van der Waals surface area (Å²) in [7, 11) is 0. The Balaban J connectivity index is 2.27. The van der Waals surface area contributed by atoms with Gasteiger partial charge in [0.05, 0.1) is 25.0 Å². The molecule has 5 heteroatoms. The molecule has 0 amide bonds. The van der Waals surface area contributed by atoms with Crippen LogP contribution in [0.1, 0.15) is 49.0 Å². The number of hydrogen-bond acceptors (Lipinski definition) is 5. The highest BCUT2D eigenvalue weighted by Gasteiger charge is 2.29. The summed E-state index contributed by atoms with van der Waals surface area (Å²) in [4.78, 5) is 24.1. The van der Waals surface area contributed by atoms with E-state index >= 15 is 0 Å². The molecule has 1 atom stereocenters. The summed E-state index contributed by atoms with van der Waals surface area (Å²) in [5.74, 6) is -0.226. The minimum absolute atomic E-state index is 0.0333. The largest absolute Gasteiger partial charge is 0.508 e. The molecule has 0 aromatic heterocycles. The molecule has 0 fully saturated rings. The lowest BCUT2D eigenvalue weighted by Gasteiger charge is -2.25. The van der Waals surface area contributed by atoms with Gasteiger partial charge in [-0.2, -0.15) is 0 Å². The first-order valence-corrected chi connectivity index (χ1v) is 7.93. The zero-order valence-corrected chi connectivity index (χ0v) is 13.5. The molecule has 0 aliphatic carbocycles. The summed E-state index contributed by atoms with van der Waals surface area (Å²) in [5, 5.41) is 9.84. The maximum atomic E-state index is 12.5. The number of rotatable bonds is 6. The van der Waals surface area contributed by atoms with Gasteiger partial charge in [-0.15, -0.1) is 0 Å². The van der Waals surface area contributed by atoms with Crippen molar-refractivity contribution in [2.24, 2.45) is 0 Å². The van der Waals surface area contributed by atoms with Crippen LogP contribution in [0, 0.1) is 0 Å². The zero-order valence-electron chi connectivity index (χ0n) is 13.5. The first-order valence-electron chi connectivity index (χ1n) is 7.93. The van der Waals surface area contributed by atoms with Gasteiger partial charge >= 0.3 is 5.97 Å². The minimum atomic E-state index is -0.432. The second-order valence-corrected chi connectivity index (χ2v) is 5.46. The first kappa shape index (κ1) is 17.1. The summed E-state index contributed by atoms with van der Waals surface area (Å²) in [6.45, 7) is 4.07. The topological polar surface area (TPSA) is 72.8 Å². The molecule has 1 aliphatic heterocycles. The van der Waals surface area contributed by atoms with Gasteiger partial charge in [-0.1, -0.05) is 19.4 Å². The van der Waals surface area contributed by atoms with E-state index in [1.54, 1.807) is 6.92 Å². The lowest BCUT2D eigenvalue weighted by atomic mass is 9.93. The van der Waals surface area contributed by atoms with Crippen molar-refractivity contribution in [1.29, 1.82) is 0 Å². The van der Waals surface area contributed by atoms with Gasteiger partial charge in [-0.25, -0.2) is 0 Å². The molecule has 1 aromatic rings. The highest BCUT2D eigenvalue weighted by molar-refractivity contribution is 6.02. The summed E-state index contributed by atoms with van der Waals surface area (Å²) in [6.07, 6.45) is 5.65. The average molecular weight is 318 g/mol. The van der Waals surface area contributed by atoms with Gasteiger partial charge < -0.3 is 14.6 Å². The van der Waals surface area contributed by atoms with Crippen molar-refractivity contribution in [3.63, 3.8) is 0 Å². The summed E-state index contributed by atoms with van der Waals surface area (Å²) >= 11 is 0. The van der Waals surface area contributed by atoms with Crippen LogP contribution in [0.5, 0.6) is 11.5 Å². The van der Waals surface area contributed by atoms with Crippen LogP contribution in [0.3, 0.4) is 0 Å². The Hall–Kier alpha value is -2.30. The van der Waals surface area contributed by atoms with E-state index in [9.17, 15) is 14.7 Å². The normalized spacial score (nSPS) is 17.0. The van der Waals surface area contributed by atoms with Gasteiger partial charge in [-0.05, 0) is 31.1 Å². The fourth-order valence-corrected chi connectivity index (χ4v) is 2.58. The summed E-state index contributed by atoms with van der Waals surface area (Å²) in [6, 6.07) is 2.84. The SMILES string of the molecule is CCCC=CC1CC(=O)c2c(CC(=O)OCC)cc(O)cc2O1. The summed E-state index contributed by atoms with van der Waals surface area (Å²) in [5.41, 5.74) is 0.815. The number of esters is 1. The fourth-order valence-electron chi connectivity index (χ4n) is 2.58. The smallest absolute Gasteiger partial charge is 0.310 e. The van der Waals surface area contributed by atoms with Crippen molar-refractivity contribution in [2.45, 2.75) is 45.6 Å². The van der Waals surface area contributed by atoms with Crippen LogP contribution in [0.25, 0.3) is 0 Å². The molecule has 1 unspecified atom stereocenters.